The molecule has 7 heteroatoms. The van der Waals surface area contributed by atoms with Crippen molar-refractivity contribution in [1.82, 2.24) is 14.5 Å². The standard InChI is InChI=1S/C25H27ClN4OS/c1-5-18-14-32-25-28-23(20-8-6-7-11-27-20)24(30(18)25)19-12-15(2)29(16(19)3)21-13-17(26)9-10-22(21)31-4/h6-13,18,23-24H,5,14H2,1-4H3/t18-,23-,24+/m0/s1. The number of pyridine rings is 1. The minimum absolute atomic E-state index is 0.0248. The van der Waals surface area contributed by atoms with Crippen molar-refractivity contribution in [2.75, 3.05) is 12.9 Å². The zero-order valence-corrected chi connectivity index (χ0v) is 20.3. The van der Waals surface area contributed by atoms with Gasteiger partial charge in [-0.15, -0.1) is 0 Å². The van der Waals surface area contributed by atoms with Gasteiger partial charge in [0, 0.05) is 34.4 Å². The minimum Gasteiger partial charge on any atom is -0.495 e. The van der Waals surface area contributed by atoms with Gasteiger partial charge in [-0.3, -0.25) is 9.98 Å². The summed E-state index contributed by atoms with van der Waals surface area (Å²) in [7, 11) is 1.70. The van der Waals surface area contributed by atoms with Crippen molar-refractivity contribution in [2.45, 2.75) is 45.3 Å². The lowest BCUT2D eigenvalue weighted by atomic mass is 9.95. The van der Waals surface area contributed by atoms with Crippen molar-refractivity contribution in [1.29, 1.82) is 0 Å². The highest BCUT2D eigenvalue weighted by Crippen LogP contribution is 2.50. The number of halogens is 1. The Labute approximate surface area is 198 Å². The predicted molar refractivity (Wildman–Crippen MR) is 132 cm³/mol. The lowest BCUT2D eigenvalue weighted by Crippen LogP contribution is -2.35. The number of amidine groups is 1. The zero-order chi connectivity index (χ0) is 22.4. The second kappa shape index (κ2) is 8.49. The van der Waals surface area contributed by atoms with Crippen molar-refractivity contribution in [3.8, 4) is 11.4 Å². The average molecular weight is 467 g/mol. The Balaban J connectivity index is 1.66. The number of benzene rings is 1. The van der Waals surface area contributed by atoms with Crippen molar-refractivity contribution in [3.63, 3.8) is 0 Å². The number of methoxy groups -OCH3 is 1. The van der Waals surface area contributed by atoms with E-state index in [0.29, 0.717) is 11.1 Å². The first-order valence-electron chi connectivity index (χ1n) is 11.0. The minimum atomic E-state index is -0.0248. The molecule has 3 atom stereocenters. The van der Waals surface area contributed by atoms with Crippen molar-refractivity contribution in [2.24, 2.45) is 4.99 Å². The molecular formula is C25H27ClN4OS. The first-order chi connectivity index (χ1) is 15.5. The number of thioether (sulfide) groups is 1. The number of fused-ring (bicyclic) bond motifs is 1. The molecule has 2 aliphatic heterocycles. The molecule has 2 aliphatic rings. The Morgan fingerprint density at radius 2 is 2.03 bits per heavy atom. The Morgan fingerprint density at radius 3 is 2.75 bits per heavy atom. The molecule has 5 nitrogen and oxygen atoms in total. The van der Waals surface area contributed by atoms with Crippen molar-refractivity contribution in [3.05, 3.63) is 76.3 Å². The third-order valence-corrected chi connectivity index (χ3v) is 7.86. The van der Waals surface area contributed by atoms with Gasteiger partial charge in [0.1, 0.15) is 11.8 Å². The van der Waals surface area contributed by atoms with Crippen LogP contribution < -0.4 is 4.74 Å². The summed E-state index contributed by atoms with van der Waals surface area (Å²) >= 11 is 8.24. The van der Waals surface area contributed by atoms with E-state index in [1.54, 1.807) is 7.11 Å². The van der Waals surface area contributed by atoms with Gasteiger partial charge in [-0.2, -0.15) is 0 Å². The van der Waals surface area contributed by atoms with Gasteiger partial charge in [0.15, 0.2) is 5.17 Å². The Morgan fingerprint density at radius 1 is 1.19 bits per heavy atom. The monoisotopic (exact) mass is 466 g/mol. The number of rotatable bonds is 5. The number of aliphatic imine (C=N–C) groups is 1. The molecule has 0 saturated carbocycles. The van der Waals surface area contributed by atoms with Crippen molar-refractivity contribution >= 4 is 28.5 Å². The fourth-order valence-electron chi connectivity index (χ4n) is 4.98. The first-order valence-corrected chi connectivity index (χ1v) is 12.3. The van der Waals surface area contributed by atoms with Crippen LogP contribution in [-0.4, -0.2) is 38.5 Å². The van der Waals surface area contributed by atoms with Gasteiger partial charge < -0.3 is 14.2 Å². The van der Waals surface area contributed by atoms with Gasteiger partial charge in [-0.1, -0.05) is 36.4 Å². The summed E-state index contributed by atoms with van der Waals surface area (Å²) in [5.41, 5.74) is 5.57. The molecule has 1 saturated heterocycles. The molecule has 0 bridgehead atoms. The fraction of sp³-hybridized carbons (Fsp3) is 0.360. The summed E-state index contributed by atoms with van der Waals surface area (Å²) in [6.07, 6.45) is 2.96. The molecule has 0 spiro atoms. The maximum atomic E-state index is 6.37. The molecule has 4 heterocycles. The molecule has 1 fully saturated rings. The van der Waals surface area contributed by atoms with E-state index in [1.165, 1.54) is 11.3 Å². The zero-order valence-electron chi connectivity index (χ0n) is 18.7. The van der Waals surface area contributed by atoms with E-state index in [1.807, 2.05) is 48.3 Å². The summed E-state index contributed by atoms with van der Waals surface area (Å²) in [4.78, 5) is 12.4. The summed E-state index contributed by atoms with van der Waals surface area (Å²) in [5, 5.41) is 1.83. The highest BCUT2D eigenvalue weighted by Gasteiger charge is 2.46. The molecular weight excluding hydrogens is 440 g/mol. The van der Waals surface area contributed by atoms with Gasteiger partial charge in [0.25, 0.3) is 0 Å². The van der Waals surface area contributed by atoms with Crippen LogP contribution in [0, 0.1) is 13.8 Å². The largest absolute Gasteiger partial charge is 0.495 e. The Hall–Kier alpha value is -2.44. The van der Waals surface area contributed by atoms with E-state index in [0.717, 1.165) is 40.2 Å². The van der Waals surface area contributed by atoms with Gasteiger partial charge in [0.05, 0.1) is 24.5 Å². The summed E-state index contributed by atoms with van der Waals surface area (Å²) < 4.78 is 7.92. The first kappa shape index (κ1) is 21.4. The number of aryl methyl sites for hydroxylation is 1. The van der Waals surface area contributed by atoms with E-state index >= 15 is 0 Å². The quantitative estimate of drug-likeness (QED) is 0.453. The van der Waals surface area contributed by atoms with Crippen LogP contribution in [0.3, 0.4) is 0 Å². The van der Waals surface area contributed by atoms with Gasteiger partial charge in [-0.25, -0.2) is 0 Å². The van der Waals surface area contributed by atoms with Crippen LogP contribution in [0.2, 0.25) is 5.02 Å². The second-order valence-electron chi connectivity index (χ2n) is 8.31. The molecule has 166 valence electrons. The normalized spacial score (nSPS) is 22.2. The third kappa shape index (κ3) is 3.41. The molecule has 5 rings (SSSR count). The van der Waals surface area contributed by atoms with Crippen LogP contribution in [0.25, 0.3) is 5.69 Å². The van der Waals surface area contributed by atoms with Crippen LogP contribution in [-0.2, 0) is 0 Å². The second-order valence-corrected chi connectivity index (χ2v) is 9.74. The third-order valence-electron chi connectivity index (χ3n) is 6.50. The maximum Gasteiger partial charge on any atom is 0.160 e. The Kier molecular flexibility index (Phi) is 5.68. The highest BCUT2D eigenvalue weighted by atomic mass is 35.5. The van der Waals surface area contributed by atoms with Crippen LogP contribution in [0.1, 0.15) is 48.1 Å². The molecule has 0 amide bonds. The summed E-state index contributed by atoms with van der Waals surface area (Å²) in [5.74, 6) is 1.89. The smallest absolute Gasteiger partial charge is 0.160 e. The lowest BCUT2D eigenvalue weighted by Gasteiger charge is -2.32. The molecule has 3 aromatic rings. The number of hydrogen-bond acceptors (Lipinski definition) is 5. The fourth-order valence-corrected chi connectivity index (χ4v) is 6.49. The van der Waals surface area contributed by atoms with E-state index in [-0.39, 0.29) is 12.1 Å². The molecule has 0 N–H and O–H groups in total. The molecule has 0 aliphatic carbocycles. The number of hydrogen-bond donors (Lipinski definition) is 0. The summed E-state index contributed by atoms with van der Waals surface area (Å²) in [6, 6.07) is 14.7. The molecule has 2 aromatic heterocycles. The topological polar surface area (TPSA) is 42.6 Å². The van der Waals surface area contributed by atoms with E-state index in [4.69, 9.17) is 21.3 Å². The number of aromatic nitrogens is 2. The highest BCUT2D eigenvalue weighted by molar-refractivity contribution is 8.14. The van der Waals surface area contributed by atoms with Crippen LogP contribution >= 0.6 is 23.4 Å². The van der Waals surface area contributed by atoms with Gasteiger partial charge >= 0.3 is 0 Å². The molecule has 32 heavy (non-hydrogen) atoms. The Bertz CT molecular complexity index is 1180. The van der Waals surface area contributed by atoms with Crippen LogP contribution in [0.5, 0.6) is 5.75 Å². The van der Waals surface area contributed by atoms with Gasteiger partial charge in [0.2, 0.25) is 0 Å². The summed E-state index contributed by atoms with van der Waals surface area (Å²) in [6.45, 7) is 6.58. The molecule has 0 radical (unpaired) electrons. The van der Waals surface area contributed by atoms with Crippen LogP contribution in [0.15, 0.2) is 53.7 Å². The molecule has 1 aromatic carbocycles. The lowest BCUT2D eigenvalue weighted by molar-refractivity contribution is 0.254. The van der Waals surface area contributed by atoms with Crippen molar-refractivity contribution < 1.29 is 4.74 Å². The number of nitrogens with zero attached hydrogens (tertiary/aromatic N) is 4. The average Bonchev–Trinajstić information content (AvgIpc) is 3.45. The predicted octanol–water partition coefficient (Wildman–Crippen LogP) is 6.13. The molecule has 0 unspecified atom stereocenters. The number of ether oxygens (including phenoxy) is 1. The van der Waals surface area contributed by atoms with E-state index in [9.17, 15) is 0 Å². The SMILES string of the molecule is CC[C@H]1CSC2=N[C@@H](c3ccccn3)[C@@H](c3cc(C)n(-c4cc(Cl)ccc4OC)c3C)N21. The van der Waals surface area contributed by atoms with E-state index < -0.39 is 0 Å². The van der Waals surface area contributed by atoms with Gasteiger partial charge in [-0.05, 0) is 62.2 Å². The maximum absolute atomic E-state index is 6.37. The van der Waals surface area contributed by atoms with Crippen LogP contribution in [0.4, 0.5) is 0 Å². The van der Waals surface area contributed by atoms with E-state index in [2.05, 4.69) is 47.4 Å².